The summed E-state index contributed by atoms with van der Waals surface area (Å²) < 4.78 is 27.6. The van der Waals surface area contributed by atoms with Crippen molar-refractivity contribution in [1.82, 2.24) is 19.8 Å². The predicted octanol–water partition coefficient (Wildman–Crippen LogP) is 1.20. The van der Waals surface area contributed by atoms with Crippen molar-refractivity contribution in [2.24, 2.45) is 0 Å². The number of rotatable bonds is 3. The monoisotopic (exact) mass is 348 g/mol. The summed E-state index contributed by atoms with van der Waals surface area (Å²) in [5.74, 6) is -0.311. The lowest BCUT2D eigenvalue weighted by Crippen LogP contribution is -2.52. The number of amides is 1. The zero-order valence-electron chi connectivity index (χ0n) is 13.8. The maximum Gasteiger partial charge on any atom is 0.247 e. The molecule has 1 aliphatic heterocycles. The van der Waals surface area contributed by atoms with Gasteiger partial charge in [0.15, 0.2) is 0 Å². The van der Waals surface area contributed by atoms with Gasteiger partial charge in [0.05, 0.1) is 11.4 Å². The van der Waals surface area contributed by atoms with E-state index in [-0.39, 0.29) is 23.9 Å². The van der Waals surface area contributed by atoms with Crippen molar-refractivity contribution >= 4 is 15.9 Å². The smallest absolute Gasteiger partial charge is 0.247 e. The molecule has 2 aromatic rings. The molecule has 24 heavy (non-hydrogen) atoms. The molecule has 0 radical (unpaired) electrons. The Morgan fingerprint density at radius 2 is 2.00 bits per heavy atom. The normalized spacial score (nSPS) is 19.3. The molecule has 8 heteroatoms. The van der Waals surface area contributed by atoms with Crippen molar-refractivity contribution in [2.45, 2.75) is 31.7 Å². The Kier molecular flexibility index (Phi) is 4.18. The molecule has 2 N–H and O–H groups in total. The number of hydrogen-bond acceptors (Lipinski definition) is 4. The molecule has 128 valence electrons. The van der Waals surface area contributed by atoms with Crippen LogP contribution in [0.25, 0.3) is 0 Å². The third-order valence-corrected chi connectivity index (χ3v) is 6.28. The van der Waals surface area contributed by atoms with Gasteiger partial charge in [0.1, 0.15) is 10.9 Å². The predicted molar refractivity (Wildman–Crippen MR) is 88.9 cm³/mol. The maximum absolute atomic E-state index is 13.2. The number of benzene rings is 1. The third-order valence-electron chi connectivity index (χ3n) is 4.15. The van der Waals surface area contributed by atoms with E-state index in [0.717, 1.165) is 5.56 Å². The average Bonchev–Trinajstić information content (AvgIpc) is 2.86. The fraction of sp³-hybridized carbons (Fsp3) is 0.375. The number of piperazine rings is 1. The van der Waals surface area contributed by atoms with Crippen LogP contribution < -0.4 is 5.32 Å². The van der Waals surface area contributed by atoms with Gasteiger partial charge in [0, 0.05) is 13.1 Å². The summed E-state index contributed by atoms with van der Waals surface area (Å²) >= 11 is 0. The first kappa shape index (κ1) is 16.7. The number of carbonyl (C=O) groups is 1. The Bertz CT molecular complexity index is 869. The van der Waals surface area contributed by atoms with Crippen LogP contribution in [0.15, 0.2) is 29.2 Å². The van der Waals surface area contributed by atoms with Gasteiger partial charge in [0.2, 0.25) is 15.9 Å². The lowest BCUT2D eigenvalue weighted by molar-refractivity contribution is -0.126. The van der Waals surface area contributed by atoms with E-state index in [1.165, 1.54) is 4.31 Å². The van der Waals surface area contributed by atoms with Crippen molar-refractivity contribution in [1.29, 1.82) is 0 Å². The first-order valence-electron chi connectivity index (χ1n) is 7.70. The molecule has 1 fully saturated rings. The van der Waals surface area contributed by atoms with Crippen LogP contribution in [-0.4, -0.2) is 41.9 Å². The molecule has 1 amide bonds. The summed E-state index contributed by atoms with van der Waals surface area (Å²) in [5.41, 5.74) is 2.51. The second-order valence-corrected chi connectivity index (χ2v) is 7.81. The van der Waals surface area contributed by atoms with E-state index >= 15 is 0 Å². The van der Waals surface area contributed by atoms with Crippen LogP contribution in [0.2, 0.25) is 0 Å². The minimum absolute atomic E-state index is 0.148. The van der Waals surface area contributed by atoms with Crippen molar-refractivity contribution in [3.8, 4) is 0 Å². The third kappa shape index (κ3) is 2.71. The number of nitrogens with one attached hydrogen (secondary N) is 2. The second kappa shape index (κ2) is 6.03. The molecule has 2 heterocycles. The summed E-state index contributed by atoms with van der Waals surface area (Å²) in [5, 5.41) is 9.44. The van der Waals surface area contributed by atoms with Gasteiger partial charge in [-0.1, -0.05) is 29.8 Å². The van der Waals surface area contributed by atoms with Gasteiger partial charge in [-0.2, -0.15) is 9.40 Å². The largest absolute Gasteiger partial charge is 0.353 e. The van der Waals surface area contributed by atoms with Crippen LogP contribution in [-0.2, 0) is 14.8 Å². The van der Waals surface area contributed by atoms with Crippen LogP contribution in [0.1, 0.15) is 28.6 Å². The Morgan fingerprint density at radius 1 is 1.25 bits per heavy atom. The summed E-state index contributed by atoms with van der Waals surface area (Å²) in [6.45, 7) is 5.72. The van der Waals surface area contributed by atoms with E-state index in [4.69, 9.17) is 0 Å². The fourth-order valence-electron chi connectivity index (χ4n) is 3.10. The standard InChI is InChI=1S/C16H20N4O3S/c1-10-5-4-6-13(9-10)14-16(21)17-7-8-20(14)24(22,23)15-11(2)18-19-12(15)3/h4-6,9,14H,7-8H2,1-3H3,(H,17,21)(H,18,19). The first-order valence-corrected chi connectivity index (χ1v) is 9.14. The molecule has 3 rings (SSSR count). The molecule has 1 aliphatic rings. The highest BCUT2D eigenvalue weighted by molar-refractivity contribution is 7.89. The Balaban J connectivity index is 2.12. The number of sulfonamides is 1. The minimum atomic E-state index is -3.84. The molecule has 1 saturated heterocycles. The fourth-order valence-corrected chi connectivity index (χ4v) is 5.01. The van der Waals surface area contributed by atoms with E-state index in [0.29, 0.717) is 17.0 Å². The van der Waals surface area contributed by atoms with Crippen molar-refractivity contribution < 1.29 is 13.2 Å². The molecule has 1 unspecified atom stereocenters. The summed E-state index contributed by atoms with van der Waals surface area (Å²) in [4.78, 5) is 12.6. The second-order valence-electron chi connectivity index (χ2n) is 5.99. The average molecular weight is 348 g/mol. The van der Waals surface area contributed by atoms with Gasteiger partial charge in [-0.15, -0.1) is 0 Å². The molecule has 0 saturated carbocycles. The summed E-state index contributed by atoms with van der Waals surface area (Å²) in [6, 6.07) is 6.48. The van der Waals surface area contributed by atoms with Crippen LogP contribution in [0.4, 0.5) is 0 Å². The molecular formula is C16H20N4O3S. The zero-order valence-corrected chi connectivity index (χ0v) is 14.6. The number of aromatic amines is 1. The number of hydrogen-bond donors (Lipinski definition) is 2. The quantitative estimate of drug-likeness (QED) is 0.871. The molecule has 1 aromatic carbocycles. The van der Waals surface area contributed by atoms with Crippen LogP contribution in [0, 0.1) is 20.8 Å². The maximum atomic E-state index is 13.2. The van der Waals surface area contributed by atoms with Gasteiger partial charge in [0.25, 0.3) is 0 Å². The van der Waals surface area contributed by atoms with Crippen molar-refractivity contribution in [3.63, 3.8) is 0 Å². The number of aryl methyl sites for hydroxylation is 3. The summed E-state index contributed by atoms with van der Waals surface area (Å²) in [7, 11) is -3.84. The minimum Gasteiger partial charge on any atom is -0.353 e. The molecule has 0 aliphatic carbocycles. The summed E-state index contributed by atoms with van der Waals surface area (Å²) in [6.07, 6.45) is 0. The SMILES string of the molecule is Cc1cccc(C2C(=O)NCCN2S(=O)(=O)c2c(C)n[nH]c2C)c1. The molecule has 1 aromatic heterocycles. The highest BCUT2D eigenvalue weighted by Crippen LogP contribution is 2.31. The molecular weight excluding hydrogens is 328 g/mol. The zero-order chi connectivity index (χ0) is 17.5. The number of nitrogens with zero attached hydrogens (tertiary/aromatic N) is 2. The van der Waals surface area contributed by atoms with Gasteiger partial charge in [-0.25, -0.2) is 8.42 Å². The highest BCUT2D eigenvalue weighted by atomic mass is 32.2. The first-order chi connectivity index (χ1) is 11.3. The lowest BCUT2D eigenvalue weighted by atomic mass is 10.0. The highest BCUT2D eigenvalue weighted by Gasteiger charge is 2.41. The van der Waals surface area contributed by atoms with E-state index in [1.54, 1.807) is 19.9 Å². The van der Waals surface area contributed by atoms with E-state index in [2.05, 4.69) is 15.5 Å². The molecule has 0 bridgehead atoms. The van der Waals surface area contributed by atoms with Crippen LogP contribution >= 0.6 is 0 Å². The topological polar surface area (TPSA) is 95.2 Å². The molecule has 7 nitrogen and oxygen atoms in total. The number of H-pyrrole nitrogens is 1. The van der Waals surface area contributed by atoms with Crippen molar-refractivity contribution in [2.75, 3.05) is 13.1 Å². The molecule has 0 spiro atoms. The van der Waals surface area contributed by atoms with Gasteiger partial charge < -0.3 is 5.32 Å². The Labute approximate surface area is 141 Å². The molecule has 1 atom stereocenters. The van der Waals surface area contributed by atoms with Crippen molar-refractivity contribution in [3.05, 3.63) is 46.8 Å². The van der Waals surface area contributed by atoms with E-state index < -0.39 is 16.1 Å². The van der Waals surface area contributed by atoms with E-state index in [1.807, 2.05) is 25.1 Å². The van der Waals surface area contributed by atoms with Crippen LogP contribution in [0.3, 0.4) is 0 Å². The van der Waals surface area contributed by atoms with Gasteiger partial charge in [-0.3, -0.25) is 9.89 Å². The van der Waals surface area contributed by atoms with Gasteiger partial charge in [-0.05, 0) is 26.3 Å². The van der Waals surface area contributed by atoms with Gasteiger partial charge >= 0.3 is 0 Å². The van der Waals surface area contributed by atoms with Crippen LogP contribution in [0.5, 0.6) is 0 Å². The number of carbonyl (C=O) groups excluding carboxylic acids is 1. The Hall–Kier alpha value is -2.19. The Morgan fingerprint density at radius 3 is 2.62 bits per heavy atom. The number of aromatic nitrogens is 2. The van der Waals surface area contributed by atoms with E-state index in [9.17, 15) is 13.2 Å². The lowest BCUT2D eigenvalue weighted by Gasteiger charge is -2.34.